The van der Waals surface area contributed by atoms with Crippen molar-refractivity contribution < 1.29 is 13.9 Å². The van der Waals surface area contributed by atoms with E-state index >= 15 is 0 Å². The quantitative estimate of drug-likeness (QED) is 0.925. The van der Waals surface area contributed by atoms with Gasteiger partial charge in [0.25, 0.3) is 0 Å². The number of methoxy groups -OCH3 is 1. The Bertz CT molecular complexity index is 561. The summed E-state index contributed by atoms with van der Waals surface area (Å²) in [6.45, 7) is 4.20. The molecular weight excluding hydrogens is 297 g/mol. The number of halogens is 1. The molecule has 1 N–H and O–H groups in total. The predicted octanol–water partition coefficient (Wildman–Crippen LogP) is 2.21. The molecule has 6 heteroatoms. The second-order valence-corrected chi connectivity index (χ2v) is 6.29. The van der Waals surface area contributed by atoms with Crippen molar-refractivity contribution in [3.05, 3.63) is 29.6 Å². The number of amides is 2. The Morgan fingerprint density at radius 1 is 1.30 bits per heavy atom. The van der Waals surface area contributed by atoms with Crippen molar-refractivity contribution >= 4 is 6.03 Å². The number of likely N-dealkylation sites (tertiary alicyclic amines) is 2. The molecule has 2 heterocycles. The molecule has 0 bridgehead atoms. The van der Waals surface area contributed by atoms with Crippen LogP contribution in [-0.4, -0.2) is 55.2 Å². The van der Waals surface area contributed by atoms with Crippen molar-refractivity contribution in [3.8, 4) is 5.75 Å². The van der Waals surface area contributed by atoms with Gasteiger partial charge in [0, 0.05) is 31.7 Å². The van der Waals surface area contributed by atoms with Gasteiger partial charge in [-0.1, -0.05) is 0 Å². The van der Waals surface area contributed by atoms with Gasteiger partial charge >= 0.3 is 6.03 Å². The van der Waals surface area contributed by atoms with Gasteiger partial charge in [0.1, 0.15) is 11.6 Å². The number of carbonyl (C=O) groups is 1. The molecule has 5 nitrogen and oxygen atoms in total. The number of urea groups is 1. The predicted molar refractivity (Wildman–Crippen MR) is 86.0 cm³/mol. The molecule has 2 amide bonds. The van der Waals surface area contributed by atoms with Gasteiger partial charge in [-0.15, -0.1) is 0 Å². The number of hydrogen-bond donors (Lipinski definition) is 1. The third-order valence-electron chi connectivity index (χ3n) is 4.72. The Morgan fingerprint density at radius 2 is 2.09 bits per heavy atom. The molecule has 2 fully saturated rings. The summed E-state index contributed by atoms with van der Waals surface area (Å²) in [5.41, 5.74) is 0.700. The summed E-state index contributed by atoms with van der Waals surface area (Å²) in [5.74, 6) is 0.105. The number of carbonyl (C=O) groups excluding carboxylic acids is 1. The lowest BCUT2D eigenvalue weighted by Gasteiger charge is -2.23. The van der Waals surface area contributed by atoms with E-state index in [0.717, 1.165) is 32.6 Å². The van der Waals surface area contributed by atoms with Crippen LogP contribution >= 0.6 is 0 Å². The van der Waals surface area contributed by atoms with Gasteiger partial charge in [0.05, 0.1) is 7.11 Å². The molecule has 3 rings (SSSR count). The maximum absolute atomic E-state index is 13.5. The van der Waals surface area contributed by atoms with E-state index in [-0.39, 0.29) is 11.8 Å². The fourth-order valence-corrected chi connectivity index (χ4v) is 3.46. The molecule has 0 radical (unpaired) electrons. The number of hydrogen-bond acceptors (Lipinski definition) is 3. The van der Waals surface area contributed by atoms with E-state index in [1.165, 1.54) is 32.1 Å². The van der Waals surface area contributed by atoms with Crippen LogP contribution in [0.2, 0.25) is 0 Å². The highest BCUT2D eigenvalue weighted by Gasteiger charge is 2.31. The number of nitrogens with one attached hydrogen (secondary N) is 1. The van der Waals surface area contributed by atoms with Crippen LogP contribution in [-0.2, 0) is 6.54 Å². The first-order valence-electron chi connectivity index (χ1n) is 8.26. The van der Waals surface area contributed by atoms with Crippen molar-refractivity contribution in [3.63, 3.8) is 0 Å². The average Bonchev–Trinajstić information content (AvgIpc) is 3.22. The largest absolute Gasteiger partial charge is 0.497 e. The van der Waals surface area contributed by atoms with Crippen LogP contribution in [0.15, 0.2) is 18.2 Å². The Labute approximate surface area is 136 Å². The molecule has 0 spiro atoms. The Balaban J connectivity index is 1.51. The minimum absolute atomic E-state index is 0.0741. The van der Waals surface area contributed by atoms with Gasteiger partial charge in [0.15, 0.2) is 0 Å². The van der Waals surface area contributed by atoms with Crippen LogP contribution in [0, 0.1) is 5.82 Å². The fourth-order valence-electron chi connectivity index (χ4n) is 3.46. The SMILES string of the molecule is COc1cc(F)cc(CNC(=O)N2CCC(N3CCCC3)C2)c1. The number of nitrogens with zero attached hydrogens (tertiary/aromatic N) is 2. The zero-order chi connectivity index (χ0) is 16.2. The topological polar surface area (TPSA) is 44.8 Å². The van der Waals surface area contributed by atoms with Crippen LogP contribution in [0.1, 0.15) is 24.8 Å². The lowest BCUT2D eigenvalue weighted by atomic mass is 10.2. The molecule has 2 aliphatic rings. The first-order valence-corrected chi connectivity index (χ1v) is 8.26. The number of benzene rings is 1. The van der Waals surface area contributed by atoms with E-state index < -0.39 is 0 Å². The van der Waals surface area contributed by atoms with Crippen LogP contribution in [0.4, 0.5) is 9.18 Å². The molecule has 2 aliphatic heterocycles. The monoisotopic (exact) mass is 321 g/mol. The lowest BCUT2D eigenvalue weighted by molar-refractivity contribution is 0.198. The standard InChI is InChI=1S/C17H24FN3O2/c1-23-16-9-13(8-14(18)10-16)11-19-17(22)21-7-4-15(12-21)20-5-2-3-6-20/h8-10,15H,2-7,11-12H2,1H3,(H,19,22). The summed E-state index contributed by atoms with van der Waals surface area (Å²) in [7, 11) is 1.50. The van der Waals surface area contributed by atoms with Gasteiger partial charge < -0.3 is 15.0 Å². The van der Waals surface area contributed by atoms with Gasteiger partial charge in [-0.05, 0) is 50.0 Å². The van der Waals surface area contributed by atoms with Gasteiger partial charge in [-0.3, -0.25) is 4.90 Å². The van der Waals surface area contributed by atoms with Crippen LogP contribution < -0.4 is 10.1 Å². The molecule has 1 unspecified atom stereocenters. The highest BCUT2D eigenvalue weighted by atomic mass is 19.1. The van der Waals surface area contributed by atoms with E-state index in [4.69, 9.17) is 4.74 Å². The molecule has 0 aromatic heterocycles. The van der Waals surface area contributed by atoms with Gasteiger partial charge in [-0.2, -0.15) is 0 Å². The summed E-state index contributed by atoms with van der Waals surface area (Å²) in [6.07, 6.45) is 3.58. The molecule has 0 aliphatic carbocycles. The van der Waals surface area contributed by atoms with E-state index in [1.807, 2.05) is 4.90 Å². The van der Waals surface area contributed by atoms with Crippen molar-refractivity contribution in [1.82, 2.24) is 15.1 Å². The summed E-state index contributed by atoms with van der Waals surface area (Å²) in [5, 5.41) is 2.88. The minimum atomic E-state index is -0.358. The van der Waals surface area contributed by atoms with E-state index in [0.29, 0.717) is 23.9 Å². The Kier molecular flexibility index (Phi) is 5.00. The van der Waals surface area contributed by atoms with Crippen molar-refractivity contribution in [2.75, 3.05) is 33.3 Å². The minimum Gasteiger partial charge on any atom is -0.497 e. The first-order chi connectivity index (χ1) is 11.2. The third-order valence-corrected chi connectivity index (χ3v) is 4.72. The second kappa shape index (κ2) is 7.17. The van der Waals surface area contributed by atoms with E-state index in [2.05, 4.69) is 10.2 Å². The smallest absolute Gasteiger partial charge is 0.317 e. The highest BCUT2D eigenvalue weighted by molar-refractivity contribution is 5.74. The maximum atomic E-state index is 13.5. The van der Waals surface area contributed by atoms with Crippen molar-refractivity contribution in [2.45, 2.75) is 31.8 Å². The molecule has 1 atom stereocenters. The normalized spacial score (nSPS) is 21.7. The lowest BCUT2D eigenvalue weighted by Crippen LogP contribution is -2.41. The maximum Gasteiger partial charge on any atom is 0.317 e. The molecule has 126 valence electrons. The zero-order valence-corrected chi connectivity index (χ0v) is 13.6. The van der Waals surface area contributed by atoms with Crippen molar-refractivity contribution in [1.29, 1.82) is 0 Å². The van der Waals surface area contributed by atoms with Crippen LogP contribution in [0.25, 0.3) is 0 Å². The summed E-state index contributed by atoms with van der Waals surface area (Å²) >= 11 is 0. The first kappa shape index (κ1) is 16.1. The molecule has 2 saturated heterocycles. The fraction of sp³-hybridized carbons (Fsp3) is 0.588. The molecule has 1 aromatic carbocycles. The molecule has 0 saturated carbocycles. The van der Waals surface area contributed by atoms with Crippen molar-refractivity contribution in [2.24, 2.45) is 0 Å². The number of ether oxygens (including phenoxy) is 1. The van der Waals surface area contributed by atoms with Crippen LogP contribution in [0.5, 0.6) is 5.75 Å². The summed E-state index contributed by atoms with van der Waals surface area (Å²) in [4.78, 5) is 16.6. The summed E-state index contributed by atoms with van der Waals surface area (Å²) in [6, 6.07) is 4.90. The van der Waals surface area contributed by atoms with Crippen LogP contribution in [0.3, 0.4) is 0 Å². The molecular formula is C17H24FN3O2. The highest BCUT2D eigenvalue weighted by Crippen LogP contribution is 2.20. The number of rotatable bonds is 4. The third kappa shape index (κ3) is 3.93. The van der Waals surface area contributed by atoms with E-state index in [9.17, 15) is 9.18 Å². The van der Waals surface area contributed by atoms with Gasteiger partial charge in [0.2, 0.25) is 0 Å². The van der Waals surface area contributed by atoms with E-state index in [1.54, 1.807) is 6.07 Å². The average molecular weight is 321 g/mol. The Morgan fingerprint density at radius 3 is 2.83 bits per heavy atom. The molecule has 23 heavy (non-hydrogen) atoms. The molecule has 1 aromatic rings. The van der Waals surface area contributed by atoms with Gasteiger partial charge in [-0.25, -0.2) is 9.18 Å². The zero-order valence-electron chi connectivity index (χ0n) is 13.6. The second-order valence-electron chi connectivity index (χ2n) is 6.29. The summed E-state index contributed by atoms with van der Waals surface area (Å²) < 4.78 is 18.5. The Hall–Kier alpha value is -1.82.